The molecule has 8 heteroatoms. The Labute approximate surface area is 157 Å². The molecule has 0 fully saturated rings. The summed E-state index contributed by atoms with van der Waals surface area (Å²) in [6.45, 7) is 7.20. The minimum Gasteiger partial charge on any atom is -0.340 e. The van der Waals surface area contributed by atoms with E-state index in [1.807, 2.05) is 31.5 Å². The predicted molar refractivity (Wildman–Crippen MR) is 104 cm³/mol. The van der Waals surface area contributed by atoms with Crippen molar-refractivity contribution < 1.29 is 4.79 Å². The van der Waals surface area contributed by atoms with Gasteiger partial charge in [0.1, 0.15) is 9.88 Å². The summed E-state index contributed by atoms with van der Waals surface area (Å²) in [5, 5.41) is 2.93. The minimum atomic E-state index is -0.0837. The Bertz CT molecular complexity index is 627. The maximum Gasteiger partial charge on any atom is 0.265 e. The molecule has 0 aromatic carbocycles. The first-order valence-corrected chi connectivity index (χ1v) is 8.50. The Hall–Kier alpha value is -0.660. The van der Waals surface area contributed by atoms with Gasteiger partial charge in [0.25, 0.3) is 5.91 Å². The Balaban J connectivity index is 0.00000242. The summed E-state index contributed by atoms with van der Waals surface area (Å²) in [7, 11) is 1.82. The Morgan fingerprint density at radius 1 is 1.39 bits per heavy atom. The van der Waals surface area contributed by atoms with Gasteiger partial charge in [-0.15, -0.1) is 47.5 Å². The van der Waals surface area contributed by atoms with E-state index in [1.165, 1.54) is 11.3 Å². The van der Waals surface area contributed by atoms with Crippen LogP contribution in [0.25, 0.3) is 9.88 Å². The monoisotopic (exact) mass is 395 g/mol. The smallest absolute Gasteiger partial charge is 0.265 e. The topological polar surface area (TPSA) is 59.2 Å². The molecular formula is C15H23Cl2N3OS2. The van der Waals surface area contributed by atoms with Crippen LogP contribution in [-0.4, -0.2) is 35.9 Å². The van der Waals surface area contributed by atoms with E-state index >= 15 is 0 Å². The van der Waals surface area contributed by atoms with Crippen LogP contribution in [0.15, 0.2) is 17.5 Å². The molecule has 0 atom stereocenters. The van der Waals surface area contributed by atoms with E-state index < -0.39 is 0 Å². The molecule has 1 amide bonds. The summed E-state index contributed by atoms with van der Waals surface area (Å²) in [6, 6.07) is 4.02. The molecule has 2 aromatic heterocycles. The normalized spacial score (nSPS) is 10.7. The third-order valence-corrected chi connectivity index (χ3v) is 5.47. The molecular weight excluding hydrogens is 373 g/mol. The van der Waals surface area contributed by atoms with E-state index in [4.69, 9.17) is 5.73 Å². The van der Waals surface area contributed by atoms with Gasteiger partial charge in [-0.2, -0.15) is 0 Å². The molecule has 2 rings (SSSR count). The molecule has 4 nitrogen and oxygen atoms in total. The van der Waals surface area contributed by atoms with Crippen molar-refractivity contribution >= 4 is 53.4 Å². The number of amides is 1. The van der Waals surface area contributed by atoms with Crippen molar-refractivity contribution in [2.75, 3.05) is 20.1 Å². The lowest BCUT2D eigenvalue weighted by Crippen LogP contribution is -2.39. The Kier molecular flexibility index (Phi) is 8.73. The van der Waals surface area contributed by atoms with Gasteiger partial charge >= 0.3 is 0 Å². The second-order valence-electron chi connectivity index (χ2n) is 5.94. The van der Waals surface area contributed by atoms with E-state index in [2.05, 4.69) is 18.8 Å². The second kappa shape index (κ2) is 8.99. The third-order valence-electron chi connectivity index (χ3n) is 3.29. The molecule has 0 bridgehead atoms. The zero-order valence-electron chi connectivity index (χ0n) is 13.7. The number of hydrogen-bond acceptors (Lipinski definition) is 5. The summed E-state index contributed by atoms with van der Waals surface area (Å²) in [6.07, 6.45) is 0. The number of aromatic nitrogens is 1. The highest BCUT2D eigenvalue weighted by Gasteiger charge is 2.25. The number of nitrogens with two attached hydrogens (primary N) is 1. The van der Waals surface area contributed by atoms with Gasteiger partial charge in [-0.1, -0.05) is 19.9 Å². The van der Waals surface area contributed by atoms with Gasteiger partial charge in [0.15, 0.2) is 0 Å². The van der Waals surface area contributed by atoms with Crippen molar-refractivity contribution in [3.05, 3.63) is 28.1 Å². The summed E-state index contributed by atoms with van der Waals surface area (Å²) < 4.78 is 0. The van der Waals surface area contributed by atoms with Crippen LogP contribution in [0.4, 0.5) is 0 Å². The first-order valence-electron chi connectivity index (χ1n) is 6.81. The first-order chi connectivity index (χ1) is 9.84. The van der Waals surface area contributed by atoms with Gasteiger partial charge in [-0.3, -0.25) is 4.79 Å². The van der Waals surface area contributed by atoms with Crippen molar-refractivity contribution in [2.24, 2.45) is 11.1 Å². The highest BCUT2D eigenvalue weighted by Crippen LogP contribution is 2.31. The van der Waals surface area contributed by atoms with Crippen LogP contribution in [0.1, 0.15) is 29.2 Å². The molecule has 23 heavy (non-hydrogen) atoms. The fourth-order valence-corrected chi connectivity index (χ4v) is 3.91. The summed E-state index contributed by atoms with van der Waals surface area (Å²) in [5.41, 5.74) is 6.46. The summed E-state index contributed by atoms with van der Waals surface area (Å²) in [4.78, 5) is 20.7. The van der Waals surface area contributed by atoms with E-state index in [0.29, 0.717) is 18.0 Å². The van der Waals surface area contributed by atoms with E-state index in [0.717, 1.165) is 15.6 Å². The molecule has 0 unspecified atom stereocenters. The van der Waals surface area contributed by atoms with Gasteiger partial charge in [0.05, 0.1) is 10.6 Å². The largest absolute Gasteiger partial charge is 0.340 e. The minimum absolute atomic E-state index is 0. The van der Waals surface area contributed by atoms with E-state index in [1.54, 1.807) is 16.2 Å². The molecule has 0 radical (unpaired) electrons. The number of thiazole rings is 1. The molecule has 2 aromatic rings. The fraction of sp³-hybridized carbons (Fsp3) is 0.467. The van der Waals surface area contributed by atoms with Gasteiger partial charge in [0.2, 0.25) is 0 Å². The van der Waals surface area contributed by atoms with Gasteiger partial charge in [0, 0.05) is 13.6 Å². The molecule has 130 valence electrons. The maximum absolute atomic E-state index is 12.6. The lowest BCUT2D eigenvalue weighted by atomic mass is 9.93. The van der Waals surface area contributed by atoms with Crippen LogP contribution in [0.5, 0.6) is 0 Å². The highest BCUT2D eigenvalue weighted by molar-refractivity contribution is 7.22. The molecule has 2 N–H and O–H groups in total. The number of thiophene rings is 1. The van der Waals surface area contributed by atoms with Crippen molar-refractivity contribution in [3.63, 3.8) is 0 Å². The number of nitrogens with zero attached hydrogens (tertiary/aromatic N) is 2. The fourth-order valence-electron chi connectivity index (χ4n) is 2.05. The molecule has 2 heterocycles. The molecule has 0 aliphatic rings. The Morgan fingerprint density at radius 2 is 2.04 bits per heavy atom. The number of aryl methyl sites for hydroxylation is 1. The molecule has 0 aliphatic carbocycles. The predicted octanol–water partition coefficient (Wildman–Crippen LogP) is 4.08. The number of carbonyl (C=O) groups is 1. The maximum atomic E-state index is 12.6. The Morgan fingerprint density at radius 3 is 2.57 bits per heavy atom. The molecule has 0 spiro atoms. The van der Waals surface area contributed by atoms with Crippen LogP contribution >= 0.6 is 47.5 Å². The highest BCUT2D eigenvalue weighted by atomic mass is 35.5. The van der Waals surface area contributed by atoms with Crippen molar-refractivity contribution in [1.82, 2.24) is 9.88 Å². The summed E-state index contributed by atoms with van der Waals surface area (Å²) in [5.74, 6) is 0.0225. The first kappa shape index (κ1) is 22.3. The van der Waals surface area contributed by atoms with Crippen LogP contribution < -0.4 is 5.73 Å². The van der Waals surface area contributed by atoms with E-state index in [-0.39, 0.29) is 36.1 Å². The van der Waals surface area contributed by atoms with Crippen LogP contribution in [0.3, 0.4) is 0 Å². The zero-order chi connectivity index (χ0) is 15.6. The van der Waals surface area contributed by atoms with Crippen LogP contribution in [-0.2, 0) is 0 Å². The lowest BCUT2D eigenvalue weighted by Gasteiger charge is -2.28. The lowest BCUT2D eigenvalue weighted by molar-refractivity contribution is 0.0744. The van der Waals surface area contributed by atoms with E-state index in [9.17, 15) is 4.79 Å². The van der Waals surface area contributed by atoms with Gasteiger partial charge in [-0.05, 0) is 30.3 Å². The second-order valence-corrected chi connectivity index (χ2v) is 7.89. The average molecular weight is 396 g/mol. The van der Waals surface area contributed by atoms with Gasteiger partial charge in [-0.25, -0.2) is 4.98 Å². The molecule has 0 saturated carbocycles. The molecule has 0 aliphatic heterocycles. The van der Waals surface area contributed by atoms with Crippen molar-refractivity contribution in [3.8, 4) is 9.88 Å². The zero-order valence-corrected chi connectivity index (χ0v) is 16.9. The van der Waals surface area contributed by atoms with Crippen LogP contribution in [0, 0.1) is 12.3 Å². The molecule has 0 saturated heterocycles. The van der Waals surface area contributed by atoms with Gasteiger partial charge < -0.3 is 10.6 Å². The number of rotatable bonds is 5. The standard InChI is InChI=1S/C15H21N3OS2.2ClH/c1-10-12(14(19)18(4)9-15(2,3)8-16)21-13(17-10)11-6-5-7-20-11;;/h5-7H,8-9,16H2,1-4H3;2*1H. The number of hydrogen-bond donors (Lipinski definition) is 1. The number of carbonyl (C=O) groups excluding carboxylic acids is 1. The SMILES string of the molecule is Cc1nc(-c2cccs2)sc1C(=O)N(C)CC(C)(C)CN.Cl.Cl. The quantitative estimate of drug-likeness (QED) is 0.829. The van der Waals surface area contributed by atoms with Crippen molar-refractivity contribution in [2.45, 2.75) is 20.8 Å². The average Bonchev–Trinajstić information content (AvgIpc) is 3.06. The number of halogens is 2. The van der Waals surface area contributed by atoms with Crippen molar-refractivity contribution in [1.29, 1.82) is 0 Å². The third kappa shape index (κ3) is 5.43. The summed E-state index contributed by atoms with van der Waals surface area (Å²) >= 11 is 3.10. The van der Waals surface area contributed by atoms with Crippen LogP contribution in [0.2, 0.25) is 0 Å².